The third-order valence-corrected chi connectivity index (χ3v) is 3.49. The molecule has 2 rings (SSSR count). The molecule has 1 aliphatic heterocycles. The average Bonchev–Trinajstić information content (AvgIpc) is 2.38. The summed E-state index contributed by atoms with van der Waals surface area (Å²) in [7, 11) is 1.72. The van der Waals surface area contributed by atoms with Crippen molar-refractivity contribution in [3.05, 3.63) is 29.6 Å². The molecule has 0 amide bonds. The van der Waals surface area contributed by atoms with Crippen LogP contribution in [0.5, 0.6) is 0 Å². The van der Waals surface area contributed by atoms with Crippen molar-refractivity contribution in [2.45, 2.75) is 32.0 Å². The molecule has 0 spiro atoms. The monoisotopic (exact) mass is 253 g/mol. The van der Waals surface area contributed by atoms with Gasteiger partial charge in [-0.25, -0.2) is 4.39 Å². The van der Waals surface area contributed by atoms with Crippen LogP contribution in [0.4, 0.5) is 10.1 Å². The lowest BCUT2D eigenvalue weighted by Gasteiger charge is -2.35. The van der Waals surface area contributed by atoms with Crippen molar-refractivity contribution in [2.24, 2.45) is 0 Å². The van der Waals surface area contributed by atoms with Crippen LogP contribution < -0.4 is 4.90 Å². The standard InChI is InChI=1S/C14H20FNO2/c1-10(17)13-8-11(15)5-6-14(13)16-7-3-4-12(9-16)18-2/h5-6,8,10,12,17H,3-4,7,9H2,1-2H3. The van der Waals surface area contributed by atoms with Crippen molar-refractivity contribution in [3.8, 4) is 0 Å². The minimum Gasteiger partial charge on any atom is -0.389 e. The summed E-state index contributed by atoms with van der Waals surface area (Å²) in [6, 6.07) is 4.60. The fourth-order valence-corrected chi connectivity index (χ4v) is 2.50. The summed E-state index contributed by atoms with van der Waals surface area (Å²) in [6.45, 7) is 3.38. The molecule has 0 bridgehead atoms. The van der Waals surface area contributed by atoms with Crippen LogP contribution in [0.15, 0.2) is 18.2 Å². The van der Waals surface area contributed by atoms with Gasteiger partial charge in [-0.15, -0.1) is 0 Å². The molecule has 1 N–H and O–H groups in total. The number of ether oxygens (including phenoxy) is 1. The van der Waals surface area contributed by atoms with E-state index in [2.05, 4.69) is 4.90 Å². The van der Waals surface area contributed by atoms with Crippen molar-refractivity contribution >= 4 is 5.69 Å². The van der Waals surface area contributed by atoms with E-state index in [1.807, 2.05) is 0 Å². The van der Waals surface area contributed by atoms with Gasteiger partial charge in [-0.1, -0.05) is 0 Å². The number of aliphatic hydroxyl groups is 1. The average molecular weight is 253 g/mol. The molecule has 3 nitrogen and oxygen atoms in total. The molecule has 1 fully saturated rings. The SMILES string of the molecule is COC1CCCN(c2ccc(F)cc2C(C)O)C1. The molecule has 1 aromatic rings. The van der Waals surface area contributed by atoms with Gasteiger partial charge in [0, 0.05) is 31.5 Å². The second kappa shape index (κ2) is 5.67. The number of nitrogens with zero attached hydrogens (tertiary/aromatic N) is 1. The van der Waals surface area contributed by atoms with Gasteiger partial charge in [0.1, 0.15) is 5.82 Å². The second-order valence-corrected chi connectivity index (χ2v) is 4.83. The van der Waals surface area contributed by atoms with Gasteiger partial charge in [0.2, 0.25) is 0 Å². The van der Waals surface area contributed by atoms with E-state index in [1.54, 1.807) is 20.1 Å². The number of hydrogen-bond donors (Lipinski definition) is 1. The van der Waals surface area contributed by atoms with E-state index in [-0.39, 0.29) is 11.9 Å². The van der Waals surface area contributed by atoms with Gasteiger partial charge in [0.05, 0.1) is 12.2 Å². The third-order valence-electron chi connectivity index (χ3n) is 3.49. The van der Waals surface area contributed by atoms with Gasteiger partial charge in [0.25, 0.3) is 0 Å². The lowest BCUT2D eigenvalue weighted by Crippen LogP contribution is -2.39. The Balaban J connectivity index is 2.26. The first-order valence-electron chi connectivity index (χ1n) is 6.37. The van der Waals surface area contributed by atoms with Crippen LogP contribution >= 0.6 is 0 Å². The van der Waals surface area contributed by atoms with E-state index >= 15 is 0 Å². The highest BCUT2D eigenvalue weighted by molar-refractivity contribution is 5.55. The molecule has 0 aromatic heterocycles. The van der Waals surface area contributed by atoms with Gasteiger partial charge in [0.15, 0.2) is 0 Å². The molecular weight excluding hydrogens is 233 g/mol. The van der Waals surface area contributed by atoms with Crippen LogP contribution in [-0.2, 0) is 4.74 Å². The summed E-state index contributed by atoms with van der Waals surface area (Å²) in [4.78, 5) is 2.17. The highest BCUT2D eigenvalue weighted by Gasteiger charge is 2.22. The topological polar surface area (TPSA) is 32.7 Å². The highest BCUT2D eigenvalue weighted by Crippen LogP contribution is 2.29. The number of halogens is 1. The largest absolute Gasteiger partial charge is 0.389 e. The lowest BCUT2D eigenvalue weighted by atomic mass is 10.0. The van der Waals surface area contributed by atoms with Crippen molar-refractivity contribution in [1.82, 2.24) is 0 Å². The highest BCUT2D eigenvalue weighted by atomic mass is 19.1. The van der Waals surface area contributed by atoms with Crippen LogP contribution in [0.25, 0.3) is 0 Å². The zero-order chi connectivity index (χ0) is 13.1. The maximum absolute atomic E-state index is 13.3. The fraction of sp³-hybridized carbons (Fsp3) is 0.571. The molecule has 4 heteroatoms. The maximum Gasteiger partial charge on any atom is 0.123 e. The zero-order valence-electron chi connectivity index (χ0n) is 10.9. The molecule has 1 aliphatic rings. The lowest BCUT2D eigenvalue weighted by molar-refractivity contribution is 0.0891. The van der Waals surface area contributed by atoms with Crippen LogP contribution in [0.1, 0.15) is 31.4 Å². The zero-order valence-corrected chi connectivity index (χ0v) is 10.9. The van der Waals surface area contributed by atoms with E-state index < -0.39 is 6.10 Å². The first kappa shape index (κ1) is 13.3. The molecule has 1 saturated heterocycles. The molecular formula is C14H20FNO2. The summed E-state index contributed by atoms with van der Waals surface area (Å²) in [5.74, 6) is -0.310. The Hall–Kier alpha value is -1.13. The van der Waals surface area contributed by atoms with Crippen LogP contribution in [0, 0.1) is 5.82 Å². The van der Waals surface area contributed by atoms with Crippen molar-refractivity contribution in [1.29, 1.82) is 0 Å². The molecule has 100 valence electrons. The Kier molecular flexibility index (Phi) is 4.19. The summed E-state index contributed by atoms with van der Waals surface area (Å²) < 4.78 is 18.7. The van der Waals surface area contributed by atoms with E-state index in [4.69, 9.17) is 4.74 Å². The van der Waals surface area contributed by atoms with Crippen LogP contribution in [0.3, 0.4) is 0 Å². The first-order valence-corrected chi connectivity index (χ1v) is 6.37. The van der Waals surface area contributed by atoms with E-state index in [9.17, 15) is 9.50 Å². The molecule has 1 heterocycles. The number of anilines is 1. The molecule has 1 aromatic carbocycles. The number of aliphatic hydroxyl groups excluding tert-OH is 1. The third kappa shape index (κ3) is 2.82. The summed E-state index contributed by atoms with van der Waals surface area (Å²) in [5.41, 5.74) is 1.56. The number of benzene rings is 1. The Labute approximate surface area is 107 Å². The minimum absolute atomic E-state index is 0.214. The predicted molar refractivity (Wildman–Crippen MR) is 69.3 cm³/mol. The van der Waals surface area contributed by atoms with Gasteiger partial charge in [-0.2, -0.15) is 0 Å². The smallest absolute Gasteiger partial charge is 0.123 e. The predicted octanol–water partition coefficient (Wildman–Crippen LogP) is 2.49. The normalized spacial score (nSPS) is 22.0. The summed E-state index contributed by atoms with van der Waals surface area (Å²) >= 11 is 0. The van der Waals surface area contributed by atoms with Gasteiger partial charge in [-0.05, 0) is 38.0 Å². The second-order valence-electron chi connectivity index (χ2n) is 4.83. The molecule has 0 saturated carbocycles. The van der Waals surface area contributed by atoms with Crippen molar-refractivity contribution in [3.63, 3.8) is 0 Å². The number of hydrogen-bond acceptors (Lipinski definition) is 3. The minimum atomic E-state index is -0.668. The Morgan fingerprint density at radius 1 is 1.50 bits per heavy atom. The first-order chi connectivity index (χ1) is 8.61. The van der Waals surface area contributed by atoms with Gasteiger partial charge in [-0.3, -0.25) is 0 Å². The molecule has 0 aliphatic carbocycles. The number of piperidine rings is 1. The van der Waals surface area contributed by atoms with Crippen LogP contribution in [-0.4, -0.2) is 31.4 Å². The molecule has 2 unspecified atom stereocenters. The number of rotatable bonds is 3. The maximum atomic E-state index is 13.3. The molecule has 0 radical (unpaired) electrons. The Morgan fingerprint density at radius 2 is 2.28 bits per heavy atom. The van der Waals surface area contributed by atoms with Gasteiger partial charge >= 0.3 is 0 Å². The van der Waals surface area contributed by atoms with Crippen molar-refractivity contribution < 1.29 is 14.2 Å². The fourth-order valence-electron chi connectivity index (χ4n) is 2.50. The van der Waals surface area contributed by atoms with E-state index in [1.165, 1.54) is 12.1 Å². The summed E-state index contributed by atoms with van der Waals surface area (Å²) in [5, 5.41) is 9.76. The van der Waals surface area contributed by atoms with Crippen molar-refractivity contribution in [2.75, 3.05) is 25.1 Å². The Bertz CT molecular complexity index is 409. The Morgan fingerprint density at radius 3 is 2.94 bits per heavy atom. The van der Waals surface area contributed by atoms with E-state index in [0.717, 1.165) is 31.6 Å². The van der Waals surface area contributed by atoms with E-state index in [0.29, 0.717) is 5.56 Å². The quantitative estimate of drug-likeness (QED) is 0.898. The van der Waals surface area contributed by atoms with Crippen LogP contribution in [0.2, 0.25) is 0 Å². The molecule has 18 heavy (non-hydrogen) atoms. The number of methoxy groups -OCH3 is 1. The molecule has 2 atom stereocenters. The summed E-state index contributed by atoms with van der Waals surface area (Å²) in [6.07, 6.45) is 1.65. The van der Waals surface area contributed by atoms with Gasteiger partial charge < -0.3 is 14.7 Å².